The maximum atomic E-state index is 13.8. The molecule has 0 radical (unpaired) electrons. The van der Waals surface area contributed by atoms with Gasteiger partial charge in [0.2, 0.25) is 0 Å². The first-order chi connectivity index (χ1) is 13.3. The molecule has 8 heteroatoms. The molecule has 1 heterocycles. The van der Waals surface area contributed by atoms with E-state index in [-0.39, 0.29) is 10.7 Å². The number of amides is 1. The van der Waals surface area contributed by atoms with E-state index in [0.717, 1.165) is 23.8 Å². The quantitative estimate of drug-likeness (QED) is 0.677. The molecule has 1 unspecified atom stereocenters. The van der Waals surface area contributed by atoms with Gasteiger partial charge in [0.25, 0.3) is 5.91 Å². The summed E-state index contributed by atoms with van der Waals surface area (Å²) in [6.45, 7) is 1.40. The fourth-order valence-corrected chi connectivity index (χ4v) is 4.31. The number of hydrogen-bond acceptors (Lipinski definition) is 4. The average Bonchev–Trinajstić information content (AvgIpc) is 3.16. The van der Waals surface area contributed by atoms with Crippen molar-refractivity contribution < 1.29 is 26.4 Å². The van der Waals surface area contributed by atoms with Crippen molar-refractivity contribution in [2.45, 2.75) is 17.1 Å². The highest BCUT2D eigenvalue weighted by atomic mass is 32.2. The lowest BCUT2D eigenvalue weighted by molar-refractivity contribution is 0.0945. The SMILES string of the molecule is Cc1ccc(S(=O)(=O)C(CNC(=O)c2c(F)cccc2F)c2ccco2)cc1. The Morgan fingerprint density at radius 1 is 1.04 bits per heavy atom. The Bertz CT molecular complexity index is 1060. The fourth-order valence-electron chi connectivity index (χ4n) is 2.72. The summed E-state index contributed by atoms with van der Waals surface area (Å²) < 4.78 is 59.0. The third kappa shape index (κ3) is 3.96. The van der Waals surface area contributed by atoms with Gasteiger partial charge < -0.3 is 9.73 Å². The summed E-state index contributed by atoms with van der Waals surface area (Å²) in [5, 5.41) is 1.04. The van der Waals surface area contributed by atoms with Crippen molar-refractivity contribution in [3.63, 3.8) is 0 Å². The van der Waals surface area contributed by atoms with Crippen LogP contribution in [0.1, 0.15) is 26.9 Å². The number of halogens is 2. The van der Waals surface area contributed by atoms with Gasteiger partial charge in [-0.3, -0.25) is 4.79 Å². The van der Waals surface area contributed by atoms with E-state index in [1.165, 1.54) is 30.5 Å². The van der Waals surface area contributed by atoms with Crippen LogP contribution in [-0.4, -0.2) is 20.9 Å². The van der Waals surface area contributed by atoms with Crippen LogP contribution < -0.4 is 5.32 Å². The number of carbonyl (C=O) groups excluding carboxylic acids is 1. The van der Waals surface area contributed by atoms with Crippen molar-refractivity contribution in [2.75, 3.05) is 6.54 Å². The van der Waals surface area contributed by atoms with Gasteiger partial charge in [-0.05, 0) is 43.3 Å². The van der Waals surface area contributed by atoms with Gasteiger partial charge in [-0.1, -0.05) is 23.8 Å². The molecule has 0 aliphatic heterocycles. The summed E-state index contributed by atoms with van der Waals surface area (Å²) in [5.74, 6) is -3.01. The van der Waals surface area contributed by atoms with Gasteiger partial charge in [-0.15, -0.1) is 0 Å². The molecule has 5 nitrogen and oxygen atoms in total. The highest BCUT2D eigenvalue weighted by Gasteiger charge is 2.32. The minimum atomic E-state index is -3.93. The summed E-state index contributed by atoms with van der Waals surface area (Å²) in [6.07, 6.45) is 1.31. The Balaban J connectivity index is 1.90. The van der Waals surface area contributed by atoms with Crippen molar-refractivity contribution >= 4 is 15.7 Å². The Hall–Kier alpha value is -3.00. The molecule has 3 rings (SSSR count). The second-order valence-electron chi connectivity index (χ2n) is 6.17. The van der Waals surface area contributed by atoms with Gasteiger partial charge in [0.1, 0.15) is 28.2 Å². The highest BCUT2D eigenvalue weighted by molar-refractivity contribution is 7.91. The van der Waals surface area contributed by atoms with E-state index in [4.69, 9.17) is 4.42 Å². The Morgan fingerprint density at radius 2 is 1.68 bits per heavy atom. The lowest BCUT2D eigenvalue weighted by Gasteiger charge is -2.17. The number of rotatable bonds is 6. The number of nitrogens with one attached hydrogen (secondary N) is 1. The van der Waals surface area contributed by atoms with Crippen LogP contribution in [0.5, 0.6) is 0 Å². The van der Waals surface area contributed by atoms with Crippen LogP contribution in [0.2, 0.25) is 0 Å². The van der Waals surface area contributed by atoms with E-state index in [0.29, 0.717) is 0 Å². The van der Waals surface area contributed by atoms with Gasteiger partial charge in [0, 0.05) is 6.54 Å². The predicted octanol–water partition coefficient (Wildman–Crippen LogP) is 3.81. The number of carbonyl (C=O) groups is 1. The van der Waals surface area contributed by atoms with Crippen LogP contribution in [0.25, 0.3) is 0 Å². The number of sulfone groups is 1. The summed E-state index contributed by atoms with van der Waals surface area (Å²) >= 11 is 0. The lowest BCUT2D eigenvalue weighted by atomic mass is 10.2. The molecule has 0 saturated heterocycles. The molecular weight excluding hydrogens is 388 g/mol. The Labute approximate surface area is 160 Å². The monoisotopic (exact) mass is 405 g/mol. The Morgan fingerprint density at radius 3 is 2.25 bits per heavy atom. The van der Waals surface area contributed by atoms with Gasteiger partial charge in [-0.2, -0.15) is 0 Å². The molecule has 0 fully saturated rings. The van der Waals surface area contributed by atoms with Crippen LogP contribution >= 0.6 is 0 Å². The molecule has 28 heavy (non-hydrogen) atoms. The third-order valence-electron chi connectivity index (χ3n) is 4.22. The third-order valence-corrected chi connectivity index (χ3v) is 6.30. The molecule has 0 saturated carbocycles. The minimum absolute atomic E-state index is 0.0471. The van der Waals surface area contributed by atoms with Gasteiger partial charge in [0.15, 0.2) is 9.84 Å². The molecule has 1 atom stereocenters. The van der Waals surface area contributed by atoms with E-state index in [1.807, 2.05) is 6.92 Å². The van der Waals surface area contributed by atoms with Gasteiger partial charge in [-0.25, -0.2) is 17.2 Å². The number of hydrogen-bond donors (Lipinski definition) is 1. The van der Waals surface area contributed by atoms with Crippen LogP contribution in [0, 0.1) is 18.6 Å². The summed E-state index contributed by atoms with van der Waals surface area (Å²) in [4.78, 5) is 12.3. The van der Waals surface area contributed by atoms with Gasteiger partial charge in [0.05, 0.1) is 11.2 Å². The van der Waals surface area contributed by atoms with Crippen LogP contribution in [0.4, 0.5) is 8.78 Å². The second-order valence-corrected chi connectivity index (χ2v) is 8.30. The summed E-state index contributed by atoms with van der Waals surface area (Å²) in [7, 11) is -3.93. The van der Waals surface area contributed by atoms with E-state index < -0.39 is 44.7 Å². The summed E-state index contributed by atoms with van der Waals surface area (Å²) in [6, 6.07) is 12.2. The minimum Gasteiger partial charge on any atom is -0.468 e. The molecule has 1 amide bonds. The first kappa shape index (κ1) is 19.8. The zero-order valence-electron chi connectivity index (χ0n) is 14.9. The molecule has 0 bridgehead atoms. The summed E-state index contributed by atoms with van der Waals surface area (Å²) in [5.41, 5.74) is 0.116. The van der Waals surface area contributed by atoms with E-state index >= 15 is 0 Å². The van der Waals surface area contributed by atoms with Gasteiger partial charge >= 0.3 is 0 Å². The topological polar surface area (TPSA) is 76.4 Å². The molecule has 1 aromatic heterocycles. The fraction of sp³-hybridized carbons (Fsp3) is 0.150. The first-order valence-electron chi connectivity index (χ1n) is 8.37. The van der Waals surface area contributed by atoms with Crippen LogP contribution in [0.3, 0.4) is 0 Å². The lowest BCUT2D eigenvalue weighted by Crippen LogP contribution is -2.32. The zero-order chi connectivity index (χ0) is 20.3. The van der Waals surface area contributed by atoms with Crippen molar-refractivity contribution in [2.24, 2.45) is 0 Å². The zero-order valence-corrected chi connectivity index (χ0v) is 15.7. The van der Waals surface area contributed by atoms with E-state index in [9.17, 15) is 22.0 Å². The molecule has 0 aliphatic rings. The molecule has 2 aromatic carbocycles. The number of aryl methyl sites for hydroxylation is 1. The van der Waals surface area contributed by atoms with Crippen molar-refractivity contribution in [1.82, 2.24) is 5.32 Å². The average molecular weight is 405 g/mol. The largest absolute Gasteiger partial charge is 0.468 e. The van der Waals surface area contributed by atoms with Crippen LogP contribution in [-0.2, 0) is 9.84 Å². The second kappa shape index (κ2) is 7.93. The maximum Gasteiger partial charge on any atom is 0.257 e. The van der Waals surface area contributed by atoms with Crippen LogP contribution in [0.15, 0.2) is 70.2 Å². The Kier molecular flexibility index (Phi) is 5.60. The normalized spacial score (nSPS) is 12.5. The van der Waals surface area contributed by atoms with E-state index in [1.54, 1.807) is 12.1 Å². The van der Waals surface area contributed by atoms with Crippen molar-refractivity contribution in [3.8, 4) is 0 Å². The highest BCUT2D eigenvalue weighted by Crippen LogP contribution is 2.29. The molecule has 1 N–H and O–H groups in total. The molecular formula is C20H17F2NO4S. The molecule has 3 aromatic rings. The molecule has 0 spiro atoms. The van der Waals surface area contributed by atoms with Crippen molar-refractivity contribution in [1.29, 1.82) is 0 Å². The molecule has 146 valence electrons. The number of furan rings is 1. The maximum absolute atomic E-state index is 13.8. The first-order valence-corrected chi connectivity index (χ1v) is 9.91. The van der Waals surface area contributed by atoms with E-state index in [2.05, 4.69) is 5.32 Å². The smallest absolute Gasteiger partial charge is 0.257 e. The standard InChI is InChI=1S/C20H17F2NO4S/c1-13-7-9-14(10-8-13)28(25,26)18(17-6-3-11-27-17)12-23-20(24)19-15(21)4-2-5-16(19)22/h2-11,18H,12H2,1H3,(H,23,24). The van der Waals surface area contributed by atoms with Crippen molar-refractivity contribution in [3.05, 3.63) is 89.4 Å². The number of benzene rings is 2. The predicted molar refractivity (Wildman–Crippen MR) is 98.5 cm³/mol. The molecule has 0 aliphatic carbocycles.